The zero-order valence-corrected chi connectivity index (χ0v) is 13.4. The van der Waals surface area contributed by atoms with E-state index in [1.54, 1.807) is 0 Å². The third-order valence-electron chi connectivity index (χ3n) is 5.83. The van der Waals surface area contributed by atoms with Gasteiger partial charge < -0.3 is 14.6 Å². The SMILES string of the molecule is C=C1C(=O)O[C@H]2[C@H]1[C@H](OC(C)=O)C[C@@](C)(O)[C@@H]1CC[C@@H](C)[C@@H]21. The number of ether oxygens (including phenoxy) is 2. The van der Waals surface area contributed by atoms with E-state index in [1.807, 2.05) is 6.92 Å². The number of hydrogen-bond donors (Lipinski definition) is 1. The summed E-state index contributed by atoms with van der Waals surface area (Å²) in [6, 6.07) is 0. The van der Waals surface area contributed by atoms with Crippen LogP contribution in [0.5, 0.6) is 0 Å². The normalized spacial score (nSPS) is 47.5. The maximum atomic E-state index is 12.0. The van der Waals surface area contributed by atoms with Gasteiger partial charge in [0.05, 0.1) is 11.5 Å². The minimum atomic E-state index is -0.938. The molecule has 0 aromatic rings. The topological polar surface area (TPSA) is 72.8 Å². The van der Waals surface area contributed by atoms with E-state index < -0.39 is 23.6 Å². The van der Waals surface area contributed by atoms with Crippen molar-refractivity contribution in [3.05, 3.63) is 12.2 Å². The highest BCUT2D eigenvalue weighted by Gasteiger charge is 2.60. The van der Waals surface area contributed by atoms with Crippen LogP contribution in [0.4, 0.5) is 0 Å². The number of fused-ring (bicyclic) bond motifs is 3. The van der Waals surface area contributed by atoms with E-state index in [1.165, 1.54) is 6.92 Å². The first-order valence-electron chi connectivity index (χ1n) is 8.01. The molecule has 2 aliphatic carbocycles. The quantitative estimate of drug-likeness (QED) is 0.591. The van der Waals surface area contributed by atoms with Crippen LogP contribution < -0.4 is 0 Å². The molecule has 3 fully saturated rings. The Morgan fingerprint density at radius 1 is 1.45 bits per heavy atom. The number of esters is 2. The Morgan fingerprint density at radius 3 is 2.77 bits per heavy atom. The smallest absolute Gasteiger partial charge is 0.334 e. The first kappa shape index (κ1) is 15.5. The predicted octanol–water partition coefficient (Wildman–Crippen LogP) is 1.83. The maximum absolute atomic E-state index is 12.0. The minimum absolute atomic E-state index is 0.0502. The van der Waals surface area contributed by atoms with E-state index in [9.17, 15) is 14.7 Å². The van der Waals surface area contributed by atoms with E-state index in [0.717, 1.165) is 12.8 Å². The van der Waals surface area contributed by atoms with Gasteiger partial charge >= 0.3 is 11.9 Å². The monoisotopic (exact) mass is 308 g/mol. The van der Waals surface area contributed by atoms with Crippen molar-refractivity contribution in [1.29, 1.82) is 0 Å². The van der Waals surface area contributed by atoms with Crippen LogP contribution in [0.15, 0.2) is 12.2 Å². The van der Waals surface area contributed by atoms with Gasteiger partial charge in [-0.2, -0.15) is 0 Å². The molecule has 1 saturated heterocycles. The molecule has 0 bridgehead atoms. The molecule has 3 rings (SSSR count). The third-order valence-corrected chi connectivity index (χ3v) is 5.83. The van der Waals surface area contributed by atoms with Crippen LogP contribution in [0.1, 0.15) is 40.0 Å². The number of hydrogen-bond acceptors (Lipinski definition) is 5. The molecule has 0 aromatic heterocycles. The molecular formula is C17H24O5. The molecule has 0 unspecified atom stereocenters. The Hall–Kier alpha value is -1.36. The molecule has 5 nitrogen and oxygen atoms in total. The molecule has 7 atom stereocenters. The fraction of sp³-hybridized carbons (Fsp3) is 0.765. The summed E-state index contributed by atoms with van der Waals surface area (Å²) in [6.45, 7) is 9.15. The zero-order chi connectivity index (χ0) is 16.2. The second-order valence-corrected chi connectivity index (χ2v) is 7.37. The number of rotatable bonds is 1. The Bertz CT molecular complexity index is 523. The molecule has 122 valence electrons. The second kappa shape index (κ2) is 5.08. The molecule has 0 aromatic carbocycles. The molecular weight excluding hydrogens is 284 g/mol. The molecule has 0 spiro atoms. The zero-order valence-electron chi connectivity index (χ0n) is 13.4. The Balaban J connectivity index is 2.03. The van der Waals surface area contributed by atoms with Crippen molar-refractivity contribution in [3.63, 3.8) is 0 Å². The average Bonchev–Trinajstić information content (AvgIpc) is 2.87. The lowest BCUT2D eigenvalue weighted by molar-refractivity contribution is -0.152. The van der Waals surface area contributed by atoms with Crippen LogP contribution in [0.3, 0.4) is 0 Å². The standard InChI is InChI=1S/C17H24O5/c1-8-5-6-11-13(8)15-14(9(2)16(19)22-15)12(21-10(3)18)7-17(11,4)20/h8,11-15,20H,2,5-7H2,1,3-4H3/t8-,11-,12-,13-,14-,15-,17-/m1/s1. The summed E-state index contributed by atoms with van der Waals surface area (Å²) >= 11 is 0. The third kappa shape index (κ3) is 2.26. The van der Waals surface area contributed by atoms with Crippen molar-refractivity contribution in [2.75, 3.05) is 0 Å². The highest BCUT2D eigenvalue weighted by Crippen LogP contribution is 2.54. The van der Waals surface area contributed by atoms with Gasteiger partial charge in [-0.3, -0.25) is 4.79 Å². The average molecular weight is 308 g/mol. The van der Waals surface area contributed by atoms with Crippen molar-refractivity contribution in [2.45, 2.75) is 57.8 Å². The lowest BCUT2D eigenvalue weighted by atomic mass is 9.76. The Morgan fingerprint density at radius 2 is 2.14 bits per heavy atom. The number of carbonyl (C=O) groups is 2. The molecule has 22 heavy (non-hydrogen) atoms. The minimum Gasteiger partial charge on any atom is -0.462 e. The summed E-state index contributed by atoms with van der Waals surface area (Å²) in [6.07, 6.45) is 1.32. The number of aliphatic hydroxyl groups is 1. The van der Waals surface area contributed by atoms with E-state index >= 15 is 0 Å². The van der Waals surface area contributed by atoms with Crippen LogP contribution in [-0.2, 0) is 19.1 Å². The first-order chi connectivity index (χ1) is 10.2. The van der Waals surface area contributed by atoms with Gasteiger partial charge in [-0.15, -0.1) is 0 Å². The molecule has 0 amide bonds. The molecule has 1 heterocycles. The van der Waals surface area contributed by atoms with E-state index in [0.29, 0.717) is 17.9 Å². The molecule has 3 aliphatic rings. The molecule has 2 saturated carbocycles. The summed E-state index contributed by atoms with van der Waals surface area (Å²) in [7, 11) is 0. The van der Waals surface area contributed by atoms with Crippen molar-refractivity contribution in [1.82, 2.24) is 0 Å². The van der Waals surface area contributed by atoms with E-state index in [2.05, 4.69) is 13.5 Å². The van der Waals surface area contributed by atoms with Gasteiger partial charge in [0.1, 0.15) is 12.2 Å². The summed E-state index contributed by atoms with van der Waals surface area (Å²) in [5.41, 5.74) is -0.571. The number of carbonyl (C=O) groups excluding carboxylic acids is 2. The summed E-state index contributed by atoms with van der Waals surface area (Å²) in [5.74, 6) is -0.659. The van der Waals surface area contributed by atoms with Gasteiger partial charge in [0.15, 0.2) is 0 Å². The van der Waals surface area contributed by atoms with Gasteiger partial charge in [-0.05, 0) is 31.6 Å². The highest BCUT2D eigenvalue weighted by molar-refractivity contribution is 5.91. The molecule has 1 aliphatic heterocycles. The second-order valence-electron chi connectivity index (χ2n) is 7.37. The molecule has 0 radical (unpaired) electrons. The van der Waals surface area contributed by atoms with Crippen LogP contribution in [0.2, 0.25) is 0 Å². The molecule has 1 N–H and O–H groups in total. The van der Waals surface area contributed by atoms with Crippen LogP contribution in [-0.4, -0.2) is 34.9 Å². The molecule has 5 heteroatoms. The van der Waals surface area contributed by atoms with Gasteiger partial charge in [-0.1, -0.05) is 13.5 Å². The van der Waals surface area contributed by atoms with Gasteiger partial charge in [0.2, 0.25) is 0 Å². The fourth-order valence-corrected chi connectivity index (χ4v) is 4.88. The van der Waals surface area contributed by atoms with Crippen molar-refractivity contribution >= 4 is 11.9 Å². The van der Waals surface area contributed by atoms with Crippen molar-refractivity contribution < 1.29 is 24.2 Å². The summed E-state index contributed by atoms with van der Waals surface area (Å²) in [5, 5.41) is 11.0. The van der Waals surface area contributed by atoms with Crippen LogP contribution in [0, 0.1) is 23.7 Å². The van der Waals surface area contributed by atoms with E-state index in [4.69, 9.17) is 9.47 Å². The van der Waals surface area contributed by atoms with Crippen molar-refractivity contribution in [3.8, 4) is 0 Å². The van der Waals surface area contributed by atoms with Crippen molar-refractivity contribution in [2.24, 2.45) is 23.7 Å². The lowest BCUT2D eigenvalue weighted by Crippen LogP contribution is -2.40. The largest absolute Gasteiger partial charge is 0.462 e. The van der Waals surface area contributed by atoms with E-state index in [-0.39, 0.29) is 23.9 Å². The summed E-state index contributed by atoms with van der Waals surface area (Å²) < 4.78 is 11.1. The Kier molecular flexibility index (Phi) is 3.59. The Labute approximate surface area is 130 Å². The van der Waals surface area contributed by atoms with Gasteiger partial charge in [-0.25, -0.2) is 4.79 Å². The van der Waals surface area contributed by atoms with Gasteiger partial charge in [0.25, 0.3) is 0 Å². The van der Waals surface area contributed by atoms with Crippen LogP contribution >= 0.6 is 0 Å². The van der Waals surface area contributed by atoms with Crippen LogP contribution in [0.25, 0.3) is 0 Å². The highest BCUT2D eigenvalue weighted by atomic mass is 16.6. The lowest BCUT2D eigenvalue weighted by Gasteiger charge is -2.35. The fourth-order valence-electron chi connectivity index (χ4n) is 4.88. The predicted molar refractivity (Wildman–Crippen MR) is 78.7 cm³/mol. The first-order valence-corrected chi connectivity index (χ1v) is 8.01. The maximum Gasteiger partial charge on any atom is 0.334 e. The summed E-state index contributed by atoms with van der Waals surface area (Å²) in [4.78, 5) is 23.5. The van der Waals surface area contributed by atoms with Gasteiger partial charge in [0, 0.05) is 24.8 Å².